The predicted octanol–water partition coefficient (Wildman–Crippen LogP) is 3.35. The van der Waals surface area contributed by atoms with Gasteiger partial charge in [-0.2, -0.15) is 0 Å². The molecule has 5 aliphatic rings. The van der Waals surface area contributed by atoms with Crippen LogP contribution < -0.4 is 10.9 Å². The number of amides is 1. The number of hydrogen-bond acceptors (Lipinski definition) is 3. The zero-order valence-electron chi connectivity index (χ0n) is 16.0. The van der Waals surface area contributed by atoms with Crippen molar-refractivity contribution in [3.8, 4) is 5.75 Å². The first kappa shape index (κ1) is 16.6. The molecule has 2 aromatic rings. The Hall–Kier alpha value is -2.30. The second-order valence-electron chi connectivity index (χ2n) is 9.75. The van der Waals surface area contributed by atoms with Crippen molar-refractivity contribution in [2.45, 2.75) is 63.5 Å². The fourth-order valence-electron chi connectivity index (χ4n) is 7.19. The molecule has 5 heteroatoms. The summed E-state index contributed by atoms with van der Waals surface area (Å²) < 4.78 is 1.70. The molecule has 2 N–H and O–H groups in total. The number of pyridine rings is 1. The molecule has 0 saturated heterocycles. The Bertz CT molecular complexity index is 1030. The number of benzene rings is 1. The van der Waals surface area contributed by atoms with E-state index < -0.39 is 0 Å². The van der Waals surface area contributed by atoms with Gasteiger partial charge in [-0.3, -0.25) is 9.59 Å². The molecule has 4 bridgehead atoms. The van der Waals surface area contributed by atoms with Crippen molar-refractivity contribution in [1.29, 1.82) is 0 Å². The maximum Gasteiger partial charge on any atom is 0.267 e. The van der Waals surface area contributed by atoms with Crippen LogP contribution in [-0.4, -0.2) is 21.1 Å². The first-order chi connectivity index (χ1) is 13.5. The monoisotopic (exact) mass is 378 g/mol. The smallest absolute Gasteiger partial charge is 0.267 e. The third-order valence-corrected chi connectivity index (χ3v) is 7.81. The molecule has 4 aliphatic carbocycles. The lowest BCUT2D eigenvalue weighted by Gasteiger charge is -2.56. The number of aromatic nitrogens is 1. The number of aryl methyl sites for hydroxylation is 2. The van der Waals surface area contributed by atoms with E-state index in [1.807, 2.05) is 18.2 Å². The Morgan fingerprint density at radius 1 is 1.11 bits per heavy atom. The molecular formula is C23H26N2O3. The predicted molar refractivity (Wildman–Crippen MR) is 107 cm³/mol. The third kappa shape index (κ3) is 2.25. The van der Waals surface area contributed by atoms with Crippen LogP contribution in [0.4, 0.5) is 0 Å². The van der Waals surface area contributed by atoms with E-state index in [1.165, 1.54) is 19.3 Å². The minimum atomic E-state index is -0.383. The van der Waals surface area contributed by atoms with Gasteiger partial charge in [0.1, 0.15) is 11.3 Å². The summed E-state index contributed by atoms with van der Waals surface area (Å²) in [6.07, 6.45) is 8.75. The Kier molecular flexibility index (Phi) is 3.34. The summed E-state index contributed by atoms with van der Waals surface area (Å²) in [5, 5.41) is 14.8. The number of carbonyl (C=O) groups is 1. The molecule has 1 aromatic carbocycles. The molecule has 0 radical (unpaired) electrons. The highest BCUT2D eigenvalue weighted by Crippen LogP contribution is 2.55. The van der Waals surface area contributed by atoms with Crippen LogP contribution in [0.15, 0.2) is 23.0 Å². The van der Waals surface area contributed by atoms with Crippen LogP contribution in [0.1, 0.15) is 60.9 Å². The van der Waals surface area contributed by atoms with Crippen molar-refractivity contribution in [3.63, 3.8) is 0 Å². The summed E-state index contributed by atoms with van der Waals surface area (Å²) in [5.41, 5.74) is 1.28. The molecule has 0 atom stereocenters. The van der Waals surface area contributed by atoms with Crippen molar-refractivity contribution in [2.24, 2.45) is 17.8 Å². The summed E-state index contributed by atoms with van der Waals surface area (Å²) in [5.74, 6) is 1.60. The summed E-state index contributed by atoms with van der Waals surface area (Å²) >= 11 is 0. The van der Waals surface area contributed by atoms with Crippen LogP contribution in [0, 0.1) is 17.8 Å². The van der Waals surface area contributed by atoms with E-state index in [0.717, 1.165) is 43.2 Å². The van der Waals surface area contributed by atoms with Crippen LogP contribution in [0.5, 0.6) is 5.75 Å². The SMILES string of the molecule is O=C(NC12CC3CC(CC(C3)C1)C2)c1c(O)c2cccc3c2n(c1=O)CCC3. The van der Waals surface area contributed by atoms with Crippen molar-refractivity contribution in [1.82, 2.24) is 9.88 Å². The lowest BCUT2D eigenvalue weighted by Crippen LogP contribution is -2.60. The number of rotatable bonds is 2. The van der Waals surface area contributed by atoms with Gasteiger partial charge in [-0.05, 0) is 80.8 Å². The number of carbonyl (C=O) groups excluding carboxylic acids is 1. The molecule has 4 saturated carbocycles. The zero-order valence-corrected chi connectivity index (χ0v) is 16.0. The van der Waals surface area contributed by atoms with Crippen molar-refractivity contribution in [3.05, 3.63) is 39.7 Å². The fourth-order valence-corrected chi connectivity index (χ4v) is 7.19. The first-order valence-electron chi connectivity index (χ1n) is 10.7. The molecule has 5 nitrogen and oxygen atoms in total. The van der Waals surface area contributed by atoms with Gasteiger partial charge < -0.3 is 15.0 Å². The topological polar surface area (TPSA) is 71.3 Å². The number of para-hydroxylation sites is 1. The molecule has 146 valence electrons. The highest BCUT2D eigenvalue weighted by Gasteiger charge is 2.51. The zero-order chi connectivity index (χ0) is 19.0. The van der Waals surface area contributed by atoms with E-state index in [9.17, 15) is 14.7 Å². The van der Waals surface area contributed by atoms with Crippen LogP contribution in [0.3, 0.4) is 0 Å². The second-order valence-corrected chi connectivity index (χ2v) is 9.75. The van der Waals surface area contributed by atoms with Gasteiger partial charge in [0.2, 0.25) is 0 Å². The van der Waals surface area contributed by atoms with Crippen molar-refractivity contribution < 1.29 is 9.90 Å². The highest BCUT2D eigenvalue weighted by molar-refractivity contribution is 6.03. The third-order valence-electron chi connectivity index (χ3n) is 7.81. The minimum Gasteiger partial charge on any atom is -0.506 e. The van der Waals surface area contributed by atoms with E-state index in [-0.39, 0.29) is 28.3 Å². The summed E-state index contributed by atoms with van der Waals surface area (Å²) in [4.78, 5) is 26.5. The van der Waals surface area contributed by atoms with E-state index in [1.54, 1.807) is 4.57 Å². The van der Waals surface area contributed by atoms with Crippen molar-refractivity contribution >= 4 is 16.8 Å². The molecular weight excluding hydrogens is 352 g/mol. The Morgan fingerprint density at radius 3 is 2.46 bits per heavy atom. The van der Waals surface area contributed by atoms with Crippen LogP contribution in [-0.2, 0) is 13.0 Å². The van der Waals surface area contributed by atoms with Gasteiger partial charge >= 0.3 is 0 Å². The maximum atomic E-state index is 13.3. The average Bonchev–Trinajstić information content (AvgIpc) is 2.64. The number of aromatic hydroxyl groups is 1. The van der Waals surface area contributed by atoms with Crippen LogP contribution in [0.25, 0.3) is 10.9 Å². The fraction of sp³-hybridized carbons (Fsp3) is 0.565. The van der Waals surface area contributed by atoms with E-state index in [2.05, 4.69) is 5.32 Å². The lowest BCUT2D eigenvalue weighted by molar-refractivity contribution is -0.0167. The number of nitrogens with zero attached hydrogens (tertiary/aromatic N) is 1. The number of nitrogens with one attached hydrogen (secondary N) is 1. The molecule has 7 rings (SSSR count). The van der Waals surface area contributed by atoms with Gasteiger partial charge in [0, 0.05) is 17.5 Å². The minimum absolute atomic E-state index is 0.0673. The van der Waals surface area contributed by atoms with Gasteiger partial charge in [0.05, 0.1) is 5.52 Å². The van der Waals surface area contributed by atoms with Gasteiger partial charge in [-0.1, -0.05) is 12.1 Å². The second kappa shape index (κ2) is 5.62. The molecule has 0 unspecified atom stereocenters. The van der Waals surface area contributed by atoms with Gasteiger partial charge in [-0.15, -0.1) is 0 Å². The van der Waals surface area contributed by atoms with Crippen LogP contribution >= 0.6 is 0 Å². The summed E-state index contributed by atoms with van der Waals surface area (Å²) in [7, 11) is 0. The Balaban J connectivity index is 1.44. The molecule has 1 amide bonds. The molecule has 1 aromatic heterocycles. The Morgan fingerprint density at radius 2 is 1.79 bits per heavy atom. The highest BCUT2D eigenvalue weighted by atomic mass is 16.3. The Labute approximate surface area is 163 Å². The molecule has 4 fully saturated rings. The van der Waals surface area contributed by atoms with Gasteiger partial charge in [0.25, 0.3) is 11.5 Å². The van der Waals surface area contributed by atoms with E-state index in [0.29, 0.717) is 29.7 Å². The standard InChI is InChI=1S/C23H26N2O3/c26-20-17-5-1-3-16-4-2-6-25(19(16)17)22(28)18(20)21(27)24-23-10-13-7-14(11-23)9-15(8-13)12-23/h1,3,5,13-15,26H,2,4,6-12H2,(H,24,27). The maximum absolute atomic E-state index is 13.3. The van der Waals surface area contributed by atoms with Gasteiger partial charge in [-0.25, -0.2) is 0 Å². The molecule has 0 spiro atoms. The van der Waals surface area contributed by atoms with Crippen LogP contribution in [0.2, 0.25) is 0 Å². The van der Waals surface area contributed by atoms with Gasteiger partial charge in [0.15, 0.2) is 0 Å². The molecule has 2 heterocycles. The largest absolute Gasteiger partial charge is 0.506 e. The quantitative estimate of drug-likeness (QED) is 0.842. The average molecular weight is 378 g/mol. The van der Waals surface area contributed by atoms with E-state index >= 15 is 0 Å². The van der Waals surface area contributed by atoms with E-state index in [4.69, 9.17) is 0 Å². The van der Waals surface area contributed by atoms with Crippen molar-refractivity contribution in [2.75, 3.05) is 0 Å². The molecule has 28 heavy (non-hydrogen) atoms. The molecule has 1 aliphatic heterocycles. The summed E-state index contributed by atoms with van der Waals surface area (Å²) in [6.45, 7) is 0.601. The first-order valence-corrected chi connectivity index (χ1v) is 10.7. The normalized spacial score (nSPS) is 32.6. The lowest BCUT2D eigenvalue weighted by atomic mass is 9.53. The number of hydrogen-bond donors (Lipinski definition) is 2. The summed E-state index contributed by atoms with van der Waals surface area (Å²) in [6, 6.07) is 5.72.